The number of rotatable bonds is 2. The minimum absolute atomic E-state index is 0. The summed E-state index contributed by atoms with van der Waals surface area (Å²) >= 11 is 1.60. The van der Waals surface area contributed by atoms with E-state index in [0.717, 1.165) is 0 Å². The van der Waals surface area contributed by atoms with Gasteiger partial charge < -0.3 is 0 Å². The van der Waals surface area contributed by atoms with Crippen LogP contribution in [0.3, 0.4) is 0 Å². The van der Waals surface area contributed by atoms with Gasteiger partial charge in [-0.1, -0.05) is 13.8 Å². The largest absolute Gasteiger partial charge is 0.300 e. The third-order valence-electron chi connectivity index (χ3n) is 1.54. The van der Waals surface area contributed by atoms with Crippen molar-refractivity contribution in [3.63, 3.8) is 0 Å². The monoisotopic (exact) mass is 259 g/mol. The number of Topliss-reactive ketones (excluding diaryl/α,β-unsaturated/α-hetero) is 1. The number of aromatic amines is 1. The maximum atomic E-state index is 10.2. The molecule has 0 aromatic carbocycles. The lowest BCUT2D eigenvalue weighted by molar-refractivity contribution is -0.118. The molecule has 0 atom stereocenters. The van der Waals surface area contributed by atoms with E-state index in [-0.39, 0.29) is 4.70 Å². The highest BCUT2D eigenvalue weighted by atomic mass is 32.1. The van der Waals surface area contributed by atoms with Crippen LogP contribution in [-0.4, -0.2) is 21.0 Å². The molecule has 0 radical (unpaired) electrons. The number of hydrogen-bond donors (Lipinski definition) is 1. The van der Waals surface area contributed by atoms with Crippen LogP contribution in [0.2, 0.25) is 0 Å². The first-order valence-electron chi connectivity index (χ1n) is 5.08. The van der Waals surface area contributed by atoms with Gasteiger partial charge in [0.2, 0.25) is 0 Å². The van der Waals surface area contributed by atoms with Crippen LogP contribution in [0, 0.1) is 0 Å². The van der Waals surface area contributed by atoms with Crippen LogP contribution in [0.25, 0.3) is 0 Å². The lowest BCUT2D eigenvalue weighted by Gasteiger charge is -1.81. The predicted octanol–water partition coefficient (Wildman–Crippen LogP) is 3.08. The van der Waals surface area contributed by atoms with E-state index in [1.165, 1.54) is 0 Å². The topological polar surface area (TPSA) is 58.6 Å². The van der Waals surface area contributed by atoms with Crippen molar-refractivity contribution in [1.29, 1.82) is 0 Å². The molecule has 0 aliphatic rings. The number of halogens is 1. The van der Waals surface area contributed by atoms with Crippen LogP contribution in [-0.2, 0) is 4.79 Å². The summed E-state index contributed by atoms with van der Waals surface area (Å²) in [7, 11) is 0. The number of aromatic nitrogens is 3. The first-order valence-corrected chi connectivity index (χ1v) is 6.03. The van der Waals surface area contributed by atoms with Gasteiger partial charge in [-0.05, 0) is 6.07 Å². The van der Waals surface area contributed by atoms with Gasteiger partial charge in [-0.3, -0.25) is 19.6 Å². The minimum atomic E-state index is 0. The summed E-state index contributed by atoms with van der Waals surface area (Å²) in [5.41, 5.74) is 1.79. The number of ketones is 1. The summed E-state index contributed by atoms with van der Waals surface area (Å²) in [6.45, 7) is 3.76. The van der Waals surface area contributed by atoms with Crippen LogP contribution in [0.4, 0.5) is 4.70 Å². The Labute approximate surface area is 104 Å². The average molecular weight is 259 g/mol. The highest BCUT2D eigenvalue weighted by Crippen LogP contribution is 1.86. The molecule has 17 heavy (non-hydrogen) atoms. The predicted molar refractivity (Wildman–Crippen MR) is 68.8 cm³/mol. The highest BCUT2D eigenvalue weighted by Gasteiger charge is 1.86. The molecular weight excluding hydrogens is 241 g/mol. The fourth-order valence-electron chi connectivity index (χ4n) is 0.641. The van der Waals surface area contributed by atoms with Crippen LogP contribution in [0.5, 0.6) is 0 Å². The Morgan fingerprint density at radius 3 is 2.12 bits per heavy atom. The molecule has 2 heterocycles. The number of nitrogens with zero attached hydrogens (tertiary/aromatic N) is 2. The van der Waals surface area contributed by atoms with Gasteiger partial charge in [-0.25, -0.2) is 0 Å². The highest BCUT2D eigenvalue weighted by molar-refractivity contribution is 7.07. The van der Waals surface area contributed by atoms with Crippen molar-refractivity contribution < 1.29 is 9.50 Å². The number of hydrogen-bond acceptors (Lipinski definition) is 4. The van der Waals surface area contributed by atoms with E-state index >= 15 is 0 Å². The molecule has 0 fully saturated rings. The van der Waals surface area contributed by atoms with Crippen molar-refractivity contribution in [2.75, 3.05) is 0 Å². The smallest absolute Gasteiger partial charge is 0.132 e. The van der Waals surface area contributed by atoms with Crippen LogP contribution >= 0.6 is 11.3 Å². The molecule has 2 aromatic heterocycles. The van der Waals surface area contributed by atoms with Crippen LogP contribution in [0.15, 0.2) is 35.5 Å². The van der Waals surface area contributed by atoms with Crippen LogP contribution < -0.4 is 0 Å². The Bertz CT molecular complexity index is 258. The number of H-pyrrole nitrogens is 1. The van der Waals surface area contributed by atoms with E-state index in [0.29, 0.717) is 18.6 Å². The zero-order chi connectivity index (χ0) is 12.1. The molecule has 2 rings (SSSR count). The molecule has 96 valence electrons. The fourth-order valence-corrected chi connectivity index (χ4v) is 0.992. The molecular formula is C11H18FN3OS. The molecule has 1 N–H and O–H groups in total. The van der Waals surface area contributed by atoms with E-state index < -0.39 is 0 Å². The summed E-state index contributed by atoms with van der Waals surface area (Å²) in [6.07, 6.45) is 6.61. The Hall–Kier alpha value is -1.56. The van der Waals surface area contributed by atoms with Gasteiger partial charge in [0.05, 0.1) is 5.51 Å². The number of carbonyl (C=O) groups is 1. The second-order valence-corrected chi connectivity index (χ2v) is 3.44. The van der Waals surface area contributed by atoms with E-state index in [1.807, 2.05) is 25.3 Å². The average Bonchev–Trinajstić information content (AvgIpc) is 3.03. The summed E-state index contributed by atoms with van der Waals surface area (Å²) in [4.78, 5) is 13.9. The second kappa shape index (κ2) is 14.4. The standard InChI is InChI=1S/C5H10O.C3H4N2.C3H3NS.FH/c1-3-5(6)4-2;1-2-4-5-3-1;1-2-5-3-4-1;/h3-4H2,1-2H3;1-3H,(H,4,5);1-3H;1H. The van der Waals surface area contributed by atoms with Crippen LogP contribution in [0.1, 0.15) is 26.7 Å². The van der Waals surface area contributed by atoms with Gasteiger partial charge in [-0.15, -0.1) is 11.3 Å². The van der Waals surface area contributed by atoms with E-state index in [9.17, 15) is 4.79 Å². The molecule has 4 nitrogen and oxygen atoms in total. The molecule has 0 unspecified atom stereocenters. The van der Waals surface area contributed by atoms with Crippen molar-refractivity contribution in [3.8, 4) is 0 Å². The third kappa shape index (κ3) is 14.4. The minimum Gasteiger partial charge on any atom is -0.300 e. The number of thiazole rings is 1. The Morgan fingerprint density at radius 2 is 2.00 bits per heavy atom. The number of carbonyl (C=O) groups excluding carboxylic acids is 1. The molecule has 0 amide bonds. The van der Waals surface area contributed by atoms with Gasteiger partial charge in [-0.2, -0.15) is 5.10 Å². The molecule has 2 aromatic rings. The van der Waals surface area contributed by atoms with Gasteiger partial charge in [0.1, 0.15) is 5.78 Å². The van der Waals surface area contributed by atoms with Crippen molar-refractivity contribution in [2.45, 2.75) is 26.7 Å². The van der Waals surface area contributed by atoms with Crippen molar-refractivity contribution in [1.82, 2.24) is 15.2 Å². The van der Waals surface area contributed by atoms with Crippen molar-refractivity contribution in [2.24, 2.45) is 0 Å². The molecule has 0 spiro atoms. The van der Waals surface area contributed by atoms with E-state index in [1.54, 1.807) is 35.4 Å². The Balaban J connectivity index is 0. The number of nitrogens with one attached hydrogen (secondary N) is 1. The molecule has 6 heteroatoms. The normalized spacial score (nSPS) is 7.65. The lowest BCUT2D eigenvalue weighted by Crippen LogP contribution is -1.88. The second-order valence-electron chi connectivity index (χ2n) is 2.69. The lowest BCUT2D eigenvalue weighted by atomic mass is 10.3. The van der Waals surface area contributed by atoms with Gasteiger partial charge >= 0.3 is 0 Å². The Morgan fingerprint density at radius 1 is 1.29 bits per heavy atom. The maximum Gasteiger partial charge on any atom is 0.132 e. The third-order valence-corrected chi connectivity index (χ3v) is 2.06. The molecule has 0 aliphatic heterocycles. The summed E-state index contributed by atoms with van der Waals surface area (Å²) in [6, 6.07) is 1.83. The molecule has 0 bridgehead atoms. The zero-order valence-corrected chi connectivity index (χ0v) is 10.8. The zero-order valence-electron chi connectivity index (χ0n) is 10.00. The van der Waals surface area contributed by atoms with Crippen molar-refractivity contribution in [3.05, 3.63) is 35.5 Å². The van der Waals surface area contributed by atoms with Crippen molar-refractivity contribution >= 4 is 17.1 Å². The fraction of sp³-hybridized carbons (Fsp3) is 0.364. The Kier molecular flexibility index (Phi) is 15.1. The van der Waals surface area contributed by atoms with E-state index in [2.05, 4.69) is 15.2 Å². The molecule has 0 saturated carbocycles. The first kappa shape index (κ1) is 17.8. The molecule has 0 aliphatic carbocycles. The maximum absolute atomic E-state index is 10.2. The van der Waals surface area contributed by atoms with Gasteiger partial charge in [0.15, 0.2) is 0 Å². The first-order chi connectivity index (χ1) is 7.81. The summed E-state index contributed by atoms with van der Waals surface area (Å²) < 4.78 is 0. The van der Waals surface area contributed by atoms with Gasteiger partial charge in [0.25, 0.3) is 0 Å². The SMILES string of the molecule is CCC(=O)CC.F.c1cn[nH]c1.c1cscn1. The quantitative estimate of drug-likeness (QED) is 0.901. The molecule has 0 saturated heterocycles. The summed E-state index contributed by atoms with van der Waals surface area (Å²) in [5.74, 6) is 0.343. The van der Waals surface area contributed by atoms with E-state index in [4.69, 9.17) is 0 Å². The summed E-state index contributed by atoms with van der Waals surface area (Å²) in [5, 5.41) is 8.14. The van der Waals surface area contributed by atoms with Gasteiger partial charge in [0, 0.05) is 36.8 Å².